The fourth-order valence-corrected chi connectivity index (χ4v) is 4.92. The van der Waals surface area contributed by atoms with Gasteiger partial charge in [0.25, 0.3) is 5.91 Å². The molecule has 2 aromatic rings. The number of nitrogens with zero attached hydrogens (tertiary/aromatic N) is 1. The van der Waals surface area contributed by atoms with Crippen LogP contribution < -0.4 is 5.32 Å². The van der Waals surface area contributed by atoms with Gasteiger partial charge < -0.3 is 10.1 Å². The van der Waals surface area contributed by atoms with Gasteiger partial charge in [-0.2, -0.15) is 4.31 Å². The minimum absolute atomic E-state index is 0.000881. The molecule has 0 saturated carbocycles. The van der Waals surface area contributed by atoms with Crippen molar-refractivity contribution in [3.8, 4) is 0 Å². The molecule has 1 amide bonds. The summed E-state index contributed by atoms with van der Waals surface area (Å²) in [6, 6.07) is 9.00. The number of nitrogens with one attached hydrogen (secondary N) is 1. The molecule has 1 heterocycles. The largest absolute Gasteiger partial charge is 0.449 e. The zero-order valence-electron chi connectivity index (χ0n) is 16.8. The van der Waals surface area contributed by atoms with Gasteiger partial charge >= 0.3 is 5.97 Å². The smallest absolute Gasteiger partial charge is 0.338 e. The molecule has 1 N–H and O–H groups in total. The first-order chi connectivity index (χ1) is 14.7. The van der Waals surface area contributed by atoms with Crippen molar-refractivity contribution in [3.05, 3.63) is 58.9 Å². The zero-order valence-corrected chi connectivity index (χ0v) is 18.4. The summed E-state index contributed by atoms with van der Waals surface area (Å²) in [6.45, 7) is 2.25. The molecule has 3 rings (SSSR count). The lowest BCUT2D eigenvalue weighted by atomic mass is 10.2. The molecule has 1 atom stereocenters. The summed E-state index contributed by atoms with van der Waals surface area (Å²) in [5.74, 6) is -2.07. The van der Waals surface area contributed by atoms with Gasteiger partial charge in [-0.1, -0.05) is 24.1 Å². The first-order valence-electron chi connectivity index (χ1n) is 9.75. The number of sulfonamides is 1. The quantitative estimate of drug-likeness (QED) is 0.650. The standard InChI is InChI=1S/C21H22ClFN2O5S/c1-14(20(26)24-19-9-8-16(23)13-18(19)22)30-21(27)15-6-5-7-17(12-15)31(28,29)25-10-3-2-4-11-25/h5-9,12-14H,2-4,10-11H2,1H3,(H,24,26)/t14-/m1/s1. The number of anilines is 1. The topological polar surface area (TPSA) is 92.8 Å². The summed E-state index contributed by atoms with van der Waals surface area (Å²) in [4.78, 5) is 24.8. The number of hydrogen-bond donors (Lipinski definition) is 1. The van der Waals surface area contributed by atoms with E-state index in [1.54, 1.807) is 0 Å². The number of halogens is 2. The Balaban J connectivity index is 1.68. The third kappa shape index (κ3) is 5.61. The van der Waals surface area contributed by atoms with Crippen molar-refractivity contribution in [2.45, 2.75) is 37.2 Å². The van der Waals surface area contributed by atoms with E-state index in [-0.39, 0.29) is 21.2 Å². The molecule has 7 nitrogen and oxygen atoms in total. The van der Waals surface area contributed by atoms with E-state index in [1.807, 2.05) is 0 Å². The Labute approximate surface area is 185 Å². The lowest BCUT2D eigenvalue weighted by molar-refractivity contribution is -0.123. The van der Waals surface area contributed by atoms with E-state index in [0.29, 0.717) is 13.1 Å². The SMILES string of the molecule is C[C@@H](OC(=O)c1cccc(S(=O)(=O)N2CCCCC2)c1)C(=O)Nc1ccc(F)cc1Cl. The van der Waals surface area contributed by atoms with Crippen molar-refractivity contribution >= 4 is 39.2 Å². The lowest BCUT2D eigenvalue weighted by Crippen LogP contribution is -2.35. The summed E-state index contributed by atoms with van der Waals surface area (Å²) in [7, 11) is -3.71. The Morgan fingerprint density at radius 2 is 1.84 bits per heavy atom. The van der Waals surface area contributed by atoms with Gasteiger partial charge in [0.15, 0.2) is 6.10 Å². The van der Waals surface area contributed by atoms with Crippen LogP contribution in [0.5, 0.6) is 0 Å². The summed E-state index contributed by atoms with van der Waals surface area (Å²) >= 11 is 5.88. The maximum absolute atomic E-state index is 13.1. The van der Waals surface area contributed by atoms with Gasteiger partial charge in [-0.05, 0) is 56.2 Å². The number of benzene rings is 2. The van der Waals surface area contributed by atoms with E-state index in [2.05, 4.69) is 5.32 Å². The summed E-state index contributed by atoms with van der Waals surface area (Å²) in [6.07, 6.45) is 1.38. The van der Waals surface area contributed by atoms with Crippen LogP contribution in [0.1, 0.15) is 36.5 Å². The number of piperidine rings is 1. The third-order valence-corrected chi connectivity index (χ3v) is 7.07. The van der Waals surface area contributed by atoms with Crippen LogP contribution in [0.2, 0.25) is 5.02 Å². The molecule has 1 saturated heterocycles. The number of ether oxygens (including phenoxy) is 1. The van der Waals surface area contributed by atoms with E-state index in [1.165, 1.54) is 41.6 Å². The average molecular weight is 469 g/mol. The highest BCUT2D eigenvalue weighted by Crippen LogP contribution is 2.24. The molecule has 1 aliphatic rings. The molecule has 0 aromatic heterocycles. The zero-order chi connectivity index (χ0) is 22.6. The first kappa shape index (κ1) is 23.2. The van der Waals surface area contributed by atoms with Crippen molar-refractivity contribution < 1.29 is 27.1 Å². The molecule has 1 aliphatic heterocycles. The van der Waals surface area contributed by atoms with Crippen molar-refractivity contribution in [3.63, 3.8) is 0 Å². The van der Waals surface area contributed by atoms with Crippen LogP contribution in [-0.2, 0) is 19.6 Å². The highest BCUT2D eigenvalue weighted by Gasteiger charge is 2.27. The number of carbonyl (C=O) groups excluding carboxylic acids is 2. The highest BCUT2D eigenvalue weighted by atomic mass is 35.5. The maximum atomic E-state index is 13.1. The van der Waals surface area contributed by atoms with E-state index < -0.39 is 33.8 Å². The molecule has 0 bridgehead atoms. The van der Waals surface area contributed by atoms with Crippen LogP contribution >= 0.6 is 11.6 Å². The molecule has 31 heavy (non-hydrogen) atoms. The number of hydrogen-bond acceptors (Lipinski definition) is 5. The highest BCUT2D eigenvalue weighted by molar-refractivity contribution is 7.89. The molecular weight excluding hydrogens is 447 g/mol. The van der Waals surface area contributed by atoms with E-state index in [0.717, 1.165) is 31.4 Å². The fourth-order valence-electron chi connectivity index (χ4n) is 3.15. The molecule has 1 fully saturated rings. The first-order valence-corrected chi connectivity index (χ1v) is 11.6. The fraction of sp³-hybridized carbons (Fsp3) is 0.333. The molecule has 0 unspecified atom stereocenters. The third-order valence-electron chi connectivity index (χ3n) is 4.86. The van der Waals surface area contributed by atoms with Gasteiger partial charge in [-0.25, -0.2) is 17.6 Å². The van der Waals surface area contributed by atoms with Crippen LogP contribution in [0, 0.1) is 5.82 Å². The molecular formula is C21H22ClFN2O5S. The number of esters is 1. The molecule has 166 valence electrons. The Bertz CT molecular complexity index is 1090. The minimum Gasteiger partial charge on any atom is -0.449 e. The number of rotatable bonds is 6. The Morgan fingerprint density at radius 3 is 2.52 bits per heavy atom. The van der Waals surface area contributed by atoms with Gasteiger partial charge in [0.1, 0.15) is 5.82 Å². The predicted molar refractivity (Wildman–Crippen MR) is 114 cm³/mol. The molecule has 0 spiro atoms. The van der Waals surface area contributed by atoms with Gasteiger partial charge in [0.2, 0.25) is 10.0 Å². The van der Waals surface area contributed by atoms with Crippen LogP contribution in [0.3, 0.4) is 0 Å². The van der Waals surface area contributed by atoms with Crippen molar-refractivity contribution in [2.75, 3.05) is 18.4 Å². The summed E-state index contributed by atoms with van der Waals surface area (Å²) < 4.78 is 45.3. The van der Waals surface area contributed by atoms with Crippen LogP contribution in [-0.4, -0.2) is 43.8 Å². The van der Waals surface area contributed by atoms with Crippen molar-refractivity contribution in [1.82, 2.24) is 4.31 Å². The number of carbonyl (C=O) groups is 2. The Hall–Kier alpha value is -2.49. The predicted octanol–water partition coefficient (Wildman–Crippen LogP) is 3.84. The molecule has 2 aromatic carbocycles. The second-order valence-corrected chi connectivity index (χ2v) is 9.50. The molecule has 0 radical (unpaired) electrons. The molecule has 10 heteroatoms. The van der Waals surface area contributed by atoms with Crippen molar-refractivity contribution in [1.29, 1.82) is 0 Å². The monoisotopic (exact) mass is 468 g/mol. The van der Waals surface area contributed by atoms with Crippen LogP contribution in [0.15, 0.2) is 47.4 Å². The second kappa shape index (κ2) is 9.76. The Morgan fingerprint density at radius 1 is 1.13 bits per heavy atom. The minimum atomic E-state index is -3.71. The van der Waals surface area contributed by atoms with Gasteiger partial charge in [0, 0.05) is 13.1 Å². The molecule has 0 aliphatic carbocycles. The lowest BCUT2D eigenvalue weighted by Gasteiger charge is -2.26. The van der Waals surface area contributed by atoms with Crippen LogP contribution in [0.4, 0.5) is 10.1 Å². The van der Waals surface area contributed by atoms with Crippen LogP contribution in [0.25, 0.3) is 0 Å². The Kier molecular flexibility index (Phi) is 7.30. The number of amides is 1. The normalized spacial score (nSPS) is 15.8. The van der Waals surface area contributed by atoms with Gasteiger partial charge in [-0.15, -0.1) is 0 Å². The van der Waals surface area contributed by atoms with E-state index in [9.17, 15) is 22.4 Å². The maximum Gasteiger partial charge on any atom is 0.338 e. The second-order valence-electron chi connectivity index (χ2n) is 7.15. The van der Waals surface area contributed by atoms with E-state index >= 15 is 0 Å². The van der Waals surface area contributed by atoms with E-state index in [4.69, 9.17) is 16.3 Å². The average Bonchev–Trinajstić information content (AvgIpc) is 2.76. The summed E-state index contributed by atoms with van der Waals surface area (Å²) in [5.41, 5.74) is 0.183. The van der Waals surface area contributed by atoms with Gasteiger partial charge in [-0.3, -0.25) is 4.79 Å². The summed E-state index contributed by atoms with van der Waals surface area (Å²) in [5, 5.41) is 2.46. The van der Waals surface area contributed by atoms with Crippen molar-refractivity contribution in [2.24, 2.45) is 0 Å². The van der Waals surface area contributed by atoms with Gasteiger partial charge in [0.05, 0.1) is 21.2 Å².